The van der Waals surface area contributed by atoms with E-state index in [1.807, 2.05) is 28.1 Å². The van der Waals surface area contributed by atoms with E-state index in [4.69, 9.17) is 9.84 Å². The summed E-state index contributed by atoms with van der Waals surface area (Å²) in [6.07, 6.45) is 2.00. The maximum absolute atomic E-state index is 5.64. The molecule has 0 atom stereocenters. The van der Waals surface area contributed by atoms with Crippen LogP contribution in [0.15, 0.2) is 59.3 Å². The van der Waals surface area contributed by atoms with E-state index in [0.29, 0.717) is 0 Å². The molecule has 0 spiro atoms. The summed E-state index contributed by atoms with van der Waals surface area (Å²) >= 11 is 1.64. The predicted octanol–water partition coefficient (Wildman–Crippen LogP) is 4.01. The summed E-state index contributed by atoms with van der Waals surface area (Å²) in [6, 6.07) is 16.7. The van der Waals surface area contributed by atoms with Crippen LogP contribution in [0.2, 0.25) is 0 Å². The minimum absolute atomic E-state index is 0.0551. The molecule has 1 saturated heterocycles. The molecule has 0 bridgehead atoms. The van der Waals surface area contributed by atoms with Gasteiger partial charge in [0.15, 0.2) is 11.5 Å². The molecule has 4 aromatic rings. The first kappa shape index (κ1) is 17.3. The Morgan fingerprint density at radius 2 is 1.89 bits per heavy atom. The third-order valence-electron chi connectivity index (χ3n) is 5.49. The van der Waals surface area contributed by atoms with Gasteiger partial charge in [-0.25, -0.2) is 0 Å². The monoisotopic (exact) mass is 391 g/mol. The molecule has 0 saturated carbocycles. The zero-order chi connectivity index (χ0) is 18.8. The van der Waals surface area contributed by atoms with E-state index in [1.165, 1.54) is 5.56 Å². The summed E-state index contributed by atoms with van der Waals surface area (Å²) in [5, 5.41) is 21.0. The van der Waals surface area contributed by atoms with Crippen molar-refractivity contribution >= 4 is 22.8 Å². The Morgan fingerprint density at radius 3 is 2.68 bits per heavy atom. The maximum Gasteiger partial charge on any atom is 0.186 e. The van der Waals surface area contributed by atoms with E-state index in [0.717, 1.165) is 55.5 Å². The molecule has 0 unspecified atom stereocenters. The summed E-state index contributed by atoms with van der Waals surface area (Å²) in [5.74, 6) is 1.59. The number of hydrogen-bond acceptors (Lipinski definition) is 6. The molecule has 1 aromatic carbocycles. The number of thiophene rings is 1. The highest BCUT2D eigenvalue weighted by molar-refractivity contribution is 7.08. The number of benzene rings is 1. The van der Waals surface area contributed by atoms with Crippen LogP contribution >= 0.6 is 11.3 Å². The molecule has 6 nitrogen and oxygen atoms in total. The smallest absolute Gasteiger partial charge is 0.186 e. The van der Waals surface area contributed by atoms with Gasteiger partial charge in [0.05, 0.1) is 0 Å². The first-order chi connectivity index (χ1) is 13.8. The molecule has 0 amide bonds. The van der Waals surface area contributed by atoms with Crippen molar-refractivity contribution in [1.82, 2.24) is 19.8 Å². The lowest BCUT2D eigenvalue weighted by Gasteiger charge is -2.38. The van der Waals surface area contributed by atoms with E-state index >= 15 is 0 Å². The highest BCUT2D eigenvalue weighted by Gasteiger charge is 2.34. The van der Waals surface area contributed by atoms with Crippen molar-refractivity contribution in [2.24, 2.45) is 0 Å². The first-order valence-electron chi connectivity index (χ1n) is 9.46. The molecule has 7 heteroatoms. The van der Waals surface area contributed by atoms with Crippen molar-refractivity contribution in [3.05, 3.63) is 64.9 Å². The van der Waals surface area contributed by atoms with Gasteiger partial charge in [-0.1, -0.05) is 30.3 Å². The van der Waals surface area contributed by atoms with Gasteiger partial charge in [0.2, 0.25) is 0 Å². The Hall–Kier alpha value is -2.77. The average molecular weight is 392 g/mol. The minimum Gasteiger partial charge on any atom is -0.381 e. The Bertz CT molecular complexity index is 1060. The second-order valence-corrected chi connectivity index (χ2v) is 7.92. The maximum atomic E-state index is 5.64. The second kappa shape index (κ2) is 7.33. The van der Waals surface area contributed by atoms with Crippen molar-refractivity contribution in [3.8, 4) is 11.4 Å². The van der Waals surface area contributed by atoms with Gasteiger partial charge in [-0.05, 0) is 42.0 Å². The van der Waals surface area contributed by atoms with E-state index in [9.17, 15) is 0 Å². The summed E-state index contributed by atoms with van der Waals surface area (Å²) < 4.78 is 7.45. The molecule has 4 heterocycles. The standard InChI is InChI=1S/C21H21N5OS/c1-2-4-17(5-3-1)21(9-11-27-12-10-21)15-22-18-6-7-19-23-24-20(26(19)25-18)16-8-13-28-14-16/h1-8,13-14H,9-12,15H2,(H,22,25). The van der Waals surface area contributed by atoms with Crippen LogP contribution in [-0.4, -0.2) is 39.6 Å². The fourth-order valence-electron chi connectivity index (χ4n) is 3.84. The van der Waals surface area contributed by atoms with Gasteiger partial charge in [0.25, 0.3) is 0 Å². The molecule has 1 N–H and O–H groups in total. The first-order valence-corrected chi connectivity index (χ1v) is 10.4. The number of anilines is 1. The van der Waals surface area contributed by atoms with Gasteiger partial charge >= 0.3 is 0 Å². The Labute approximate surface area is 167 Å². The van der Waals surface area contributed by atoms with Crippen molar-refractivity contribution in [2.45, 2.75) is 18.3 Å². The minimum atomic E-state index is 0.0551. The van der Waals surface area contributed by atoms with Crippen LogP contribution in [0.5, 0.6) is 0 Å². The number of aromatic nitrogens is 4. The van der Waals surface area contributed by atoms with Crippen LogP contribution in [0.1, 0.15) is 18.4 Å². The molecule has 1 fully saturated rings. The van der Waals surface area contributed by atoms with Crippen LogP contribution in [0.4, 0.5) is 5.82 Å². The van der Waals surface area contributed by atoms with Crippen molar-refractivity contribution in [2.75, 3.05) is 25.1 Å². The van der Waals surface area contributed by atoms with Crippen LogP contribution < -0.4 is 5.32 Å². The van der Waals surface area contributed by atoms with Gasteiger partial charge in [0, 0.05) is 36.1 Å². The lowest BCUT2D eigenvalue weighted by atomic mass is 9.74. The average Bonchev–Trinajstić information content (AvgIpc) is 3.43. The van der Waals surface area contributed by atoms with Crippen LogP contribution in [0.25, 0.3) is 17.0 Å². The SMILES string of the molecule is c1ccc(C2(CNc3ccc4nnc(-c5ccsc5)n4n3)CCOCC2)cc1. The molecule has 0 radical (unpaired) electrons. The van der Waals surface area contributed by atoms with E-state index in [2.05, 4.69) is 51.2 Å². The predicted molar refractivity (Wildman–Crippen MR) is 111 cm³/mol. The van der Waals surface area contributed by atoms with Gasteiger partial charge in [-0.15, -0.1) is 15.3 Å². The third-order valence-corrected chi connectivity index (χ3v) is 6.17. The summed E-state index contributed by atoms with van der Waals surface area (Å²) in [4.78, 5) is 0. The zero-order valence-corrected chi connectivity index (χ0v) is 16.2. The highest BCUT2D eigenvalue weighted by atomic mass is 32.1. The second-order valence-electron chi connectivity index (χ2n) is 7.14. The van der Waals surface area contributed by atoms with Crippen LogP contribution in [0.3, 0.4) is 0 Å². The number of hydrogen-bond donors (Lipinski definition) is 1. The number of nitrogens with zero attached hydrogens (tertiary/aromatic N) is 4. The number of rotatable bonds is 5. The molecule has 3 aromatic heterocycles. The molecule has 1 aliphatic rings. The Balaban J connectivity index is 1.43. The number of ether oxygens (including phenoxy) is 1. The van der Waals surface area contributed by atoms with E-state index in [-0.39, 0.29) is 5.41 Å². The lowest BCUT2D eigenvalue weighted by molar-refractivity contribution is 0.0543. The number of nitrogens with one attached hydrogen (secondary N) is 1. The van der Waals surface area contributed by atoms with Crippen molar-refractivity contribution in [3.63, 3.8) is 0 Å². The summed E-state index contributed by atoms with van der Waals surface area (Å²) in [6.45, 7) is 2.39. The number of fused-ring (bicyclic) bond motifs is 1. The Kier molecular flexibility index (Phi) is 4.54. The van der Waals surface area contributed by atoms with Crippen molar-refractivity contribution < 1.29 is 4.74 Å². The van der Waals surface area contributed by atoms with Gasteiger partial charge in [-0.3, -0.25) is 0 Å². The highest BCUT2D eigenvalue weighted by Crippen LogP contribution is 2.35. The molecule has 1 aliphatic heterocycles. The fourth-order valence-corrected chi connectivity index (χ4v) is 4.47. The molecular weight excluding hydrogens is 370 g/mol. The molecular formula is C21H21N5OS. The van der Waals surface area contributed by atoms with Crippen LogP contribution in [0, 0.1) is 0 Å². The molecule has 142 valence electrons. The van der Waals surface area contributed by atoms with Crippen LogP contribution in [-0.2, 0) is 10.2 Å². The summed E-state index contributed by atoms with van der Waals surface area (Å²) in [5.41, 5.74) is 3.19. The van der Waals surface area contributed by atoms with Gasteiger partial charge < -0.3 is 10.1 Å². The van der Waals surface area contributed by atoms with Gasteiger partial charge in [0.1, 0.15) is 5.82 Å². The molecule has 28 heavy (non-hydrogen) atoms. The Morgan fingerprint density at radius 1 is 1.04 bits per heavy atom. The normalized spacial score (nSPS) is 16.3. The molecule has 0 aliphatic carbocycles. The summed E-state index contributed by atoms with van der Waals surface area (Å²) in [7, 11) is 0. The quantitative estimate of drug-likeness (QED) is 0.557. The largest absolute Gasteiger partial charge is 0.381 e. The van der Waals surface area contributed by atoms with Crippen molar-refractivity contribution in [1.29, 1.82) is 0 Å². The van der Waals surface area contributed by atoms with E-state index < -0.39 is 0 Å². The third kappa shape index (κ3) is 3.16. The zero-order valence-electron chi connectivity index (χ0n) is 15.4. The fraction of sp³-hybridized carbons (Fsp3) is 0.286. The van der Waals surface area contributed by atoms with Gasteiger partial charge in [-0.2, -0.15) is 15.9 Å². The molecule has 5 rings (SSSR count). The topological polar surface area (TPSA) is 64.3 Å². The van der Waals surface area contributed by atoms with E-state index in [1.54, 1.807) is 11.3 Å². The lowest BCUT2D eigenvalue weighted by Crippen LogP contribution is -2.40.